The van der Waals surface area contributed by atoms with Crippen molar-refractivity contribution < 1.29 is 0 Å². The molecule has 0 unspecified atom stereocenters. The molecule has 0 aliphatic carbocycles. The summed E-state index contributed by atoms with van der Waals surface area (Å²) in [6.07, 6.45) is 0. The Balaban J connectivity index is 1.47. The van der Waals surface area contributed by atoms with Gasteiger partial charge in [-0.05, 0) is 0 Å². The van der Waals surface area contributed by atoms with Gasteiger partial charge in [0, 0.05) is 0 Å². The van der Waals surface area contributed by atoms with E-state index < -0.39 is 41.8 Å². The van der Waals surface area contributed by atoms with Crippen LogP contribution in [0.5, 0.6) is 0 Å². The molecule has 0 saturated heterocycles. The fourth-order valence-electron chi connectivity index (χ4n) is 2.62. The van der Waals surface area contributed by atoms with E-state index in [-0.39, 0.29) is 0 Å². The van der Waals surface area contributed by atoms with Crippen molar-refractivity contribution in [3.63, 3.8) is 0 Å². The molecule has 4 aromatic carbocycles. The first-order chi connectivity index (χ1) is 11.9. The molecule has 0 N–H and O–H groups in total. The summed E-state index contributed by atoms with van der Waals surface area (Å²) in [5, 5.41) is 5.28. The summed E-state index contributed by atoms with van der Waals surface area (Å²) in [4.78, 5) is 0. The Labute approximate surface area is 162 Å². The molecule has 0 saturated carbocycles. The summed E-state index contributed by atoms with van der Waals surface area (Å²) >= 11 is -0.801. The van der Waals surface area contributed by atoms with Gasteiger partial charge in [-0.15, -0.1) is 0 Å². The second-order valence-electron chi connectivity index (χ2n) is 5.43. The average Bonchev–Trinajstić information content (AvgIpc) is 2.65. The molecule has 0 nitrogen and oxygen atoms in total. The quantitative estimate of drug-likeness (QED) is 0.274. The minimum atomic E-state index is -0.401. The van der Waals surface area contributed by atoms with Crippen molar-refractivity contribution in [2.24, 2.45) is 0 Å². The van der Waals surface area contributed by atoms with Gasteiger partial charge >= 0.3 is 163 Å². The molecule has 2 heteroatoms. The van der Waals surface area contributed by atoms with Gasteiger partial charge in [-0.2, -0.15) is 0 Å². The standard InChI is InChI=1S/C22H14Te2/c1-3-7-19-15-21(11-9-17(19)5-1)23-13-14-24-22-12-10-18-6-2-4-8-20(18)16-22/h1-12,15-16H. The van der Waals surface area contributed by atoms with Crippen LogP contribution in [0.15, 0.2) is 84.9 Å². The molecule has 0 spiro atoms. The summed E-state index contributed by atoms with van der Waals surface area (Å²) in [6, 6.07) is 30.6. The van der Waals surface area contributed by atoms with Gasteiger partial charge in [0.05, 0.1) is 0 Å². The maximum atomic E-state index is 3.50. The zero-order valence-electron chi connectivity index (χ0n) is 12.9. The topological polar surface area (TPSA) is 0 Å². The number of hydrogen-bond acceptors (Lipinski definition) is 0. The molecule has 0 aromatic heterocycles. The van der Waals surface area contributed by atoms with E-state index in [0.717, 1.165) is 0 Å². The van der Waals surface area contributed by atoms with Crippen LogP contribution in [0.4, 0.5) is 0 Å². The summed E-state index contributed by atoms with van der Waals surface area (Å²) < 4.78 is 9.86. The van der Waals surface area contributed by atoms with E-state index in [0.29, 0.717) is 0 Å². The van der Waals surface area contributed by atoms with Gasteiger partial charge in [-0.25, -0.2) is 0 Å². The Morgan fingerprint density at radius 3 is 1.33 bits per heavy atom. The SMILES string of the molecule is C(#C[Te]c1ccc2ccccc2c1)[Te]c1ccc2ccccc2c1. The molecule has 0 aliphatic heterocycles. The van der Waals surface area contributed by atoms with Crippen LogP contribution in [0.25, 0.3) is 21.5 Å². The Morgan fingerprint density at radius 1 is 0.458 bits per heavy atom. The Bertz CT molecular complexity index is 986. The summed E-state index contributed by atoms with van der Waals surface area (Å²) in [7, 11) is 0. The van der Waals surface area contributed by atoms with E-state index in [9.17, 15) is 0 Å². The Hall–Kier alpha value is -1.46. The zero-order chi connectivity index (χ0) is 16.2. The van der Waals surface area contributed by atoms with Gasteiger partial charge in [-0.3, -0.25) is 0 Å². The van der Waals surface area contributed by atoms with Gasteiger partial charge in [0.2, 0.25) is 0 Å². The van der Waals surface area contributed by atoms with E-state index in [4.69, 9.17) is 0 Å². The molecular weight excluding hydrogens is 519 g/mol. The van der Waals surface area contributed by atoms with Crippen molar-refractivity contribution in [2.75, 3.05) is 0 Å². The van der Waals surface area contributed by atoms with Gasteiger partial charge in [0.25, 0.3) is 0 Å². The van der Waals surface area contributed by atoms with E-state index in [1.54, 1.807) is 0 Å². The predicted molar refractivity (Wildman–Crippen MR) is 106 cm³/mol. The van der Waals surface area contributed by atoms with Crippen LogP contribution < -0.4 is 7.22 Å². The number of benzene rings is 4. The first kappa shape index (κ1) is 16.0. The number of fused-ring (bicyclic) bond motifs is 2. The zero-order valence-corrected chi connectivity index (χ0v) is 17.6. The second kappa shape index (κ2) is 7.62. The monoisotopic (exact) mass is 538 g/mol. The average molecular weight is 534 g/mol. The number of hydrogen-bond donors (Lipinski definition) is 0. The van der Waals surface area contributed by atoms with Gasteiger partial charge in [0.15, 0.2) is 0 Å². The summed E-state index contributed by atoms with van der Waals surface area (Å²) in [5.41, 5.74) is 0. The summed E-state index contributed by atoms with van der Waals surface area (Å²) in [5.74, 6) is 0. The second-order valence-corrected chi connectivity index (χ2v) is 10.4. The molecule has 4 aromatic rings. The van der Waals surface area contributed by atoms with Crippen LogP contribution in [0.2, 0.25) is 0 Å². The van der Waals surface area contributed by atoms with Crippen molar-refractivity contribution in [1.82, 2.24) is 0 Å². The van der Waals surface area contributed by atoms with Crippen molar-refractivity contribution >= 4 is 70.6 Å². The molecule has 0 heterocycles. The van der Waals surface area contributed by atoms with Crippen molar-refractivity contribution in [1.29, 1.82) is 0 Å². The minimum absolute atomic E-state index is 0.401. The maximum absolute atomic E-state index is 3.50. The summed E-state index contributed by atoms with van der Waals surface area (Å²) in [6.45, 7) is 0. The van der Waals surface area contributed by atoms with E-state index in [2.05, 4.69) is 92.9 Å². The fourth-order valence-corrected chi connectivity index (χ4v) is 6.97. The van der Waals surface area contributed by atoms with Crippen LogP contribution >= 0.6 is 0 Å². The predicted octanol–water partition coefficient (Wildman–Crippen LogP) is 3.27. The molecule has 114 valence electrons. The molecule has 0 aliphatic rings. The number of rotatable bonds is 2. The Kier molecular flexibility index (Phi) is 5.09. The molecule has 0 fully saturated rings. The first-order valence-electron chi connectivity index (χ1n) is 7.70. The van der Waals surface area contributed by atoms with E-state index in [1.165, 1.54) is 28.8 Å². The Morgan fingerprint density at radius 2 is 0.875 bits per heavy atom. The fraction of sp³-hybridized carbons (Fsp3) is 0. The molecule has 4 rings (SSSR count). The van der Waals surface area contributed by atoms with Crippen LogP contribution in [0, 0.1) is 7.94 Å². The third-order valence-corrected chi connectivity index (χ3v) is 9.03. The third-order valence-electron chi connectivity index (χ3n) is 3.82. The van der Waals surface area contributed by atoms with Crippen molar-refractivity contribution in [3.05, 3.63) is 84.9 Å². The van der Waals surface area contributed by atoms with Gasteiger partial charge < -0.3 is 0 Å². The third kappa shape index (κ3) is 3.78. The van der Waals surface area contributed by atoms with Gasteiger partial charge in [-0.1, -0.05) is 0 Å². The van der Waals surface area contributed by atoms with E-state index in [1.807, 2.05) is 0 Å². The van der Waals surface area contributed by atoms with Crippen LogP contribution in [0.3, 0.4) is 0 Å². The first-order valence-corrected chi connectivity index (χ1v) is 12.4. The molecule has 24 heavy (non-hydrogen) atoms. The molecule has 0 radical (unpaired) electrons. The van der Waals surface area contributed by atoms with Crippen LogP contribution in [-0.2, 0) is 0 Å². The van der Waals surface area contributed by atoms with Gasteiger partial charge in [0.1, 0.15) is 0 Å². The molecule has 0 bridgehead atoms. The normalized spacial score (nSPS) is 10.5. The molecular formula is C22H14Te2. The van der Waals surface area contributed by atoms with Crippen molar-refractivity contribution in [2.45, 2.75) is 0 Å². The van der Waals surface area contributed by atoms with Crippen LogP contribution in [0.1, 0.15) is 0 Å². The molecule has 0 amide bonds. The molecule has 0 atom stereocenters. The van der Waals surface area contributed by atoms with Crippen LogP contribution in [-0.4, -0.2) is 41.8 Å². The van der Waals surface area contributed by atoms with E-state index >= 15 is 0 Å². The van der Waals surface area contributed by atoms with Crippen molar-refractivity contribution in [3.8, 4) is 7.94 Å².